The van der Waals surface area contributed by atoms with Crippen molar-refractivity contribution in [1.29, 1.82) is 0 Å². The summed E-state index contributed by atoms with van der Waals surface area (Å²) in [6.07, 6.45) is 2.98. The number of rotatable bonds is 2. The predicted molar refractivity (Wildman–Crippen MR) is 34.1 cm³/mol. The van der Waals surface area contributed by atoms with Crippen molar-refractivity contribution in [3.8, 4) is 0 Å². The Kier molecular flexibility index (Phi) is 4.13. The van der Waals surface area contributed by atoms with Crippen LogP contribution in [0.3, 0.4) is 0 Å². The normalized spacial score (nSPS) is 10.2. The molecule has 46 valence electrons. The molecule has 0 N–H and O–H groups in total. The average molecular weight is 113 g/mol. The second-order valence-electron chi connectivity index (χ2n) is 1.53. The zero-order chi connectivity index (χ0) is 6.41. The number of aliphatic imine (C=N–C) groups is 1. The van der Waals surface area contributed by atoms with E-state index in [2.05, 4.69) is 4.99 Å². The molecule has 1 amide bonds. The molecule has 0 saturated carbocycles. The molecule has 0 heterocycles. The summed E-state index contributed by atoms with van der Waals surface area (Å²) in [6.45, 7) is 3.70. The lowest BCUT2D eigenvalue weighted by atomic mass is 10.3. The van der Waals surface area contributed by atoms with Gasteiger partial charge in [0.15, 0.2) is 0 Å². The lowest BCUT2D eigenvalue weighted by Crippen LogP contribution is -1.89. The van der Waals surface area contributed by atoms with Gasteiger partial charge in [0.2, 0.25) is 5.91 Å². The van der Waals surface area contributed by atoms with Crippen LogP contribution in [0.1, 0.15) is 26.7 Å². The summed E-state index contributed by atoms with van der Waals surface area (Å²) in [5.41, 5.74) is 0. The van der Waals surface area contributed by atoms with E-state index in [9.17, 15) is 4.79 Å². The minimum absolute atomic E-state index is 0.0185. The molecule has 0 atom stereocenters. The molecule has 0 unspecified atom stereocenters. The zero-order valence-corrected chi connectivity index (χ0v) is 5.35. The highest BCUT2D eigenvalue weighted by Gasteiger charge is 1.90. The SMILES string of the molecule is CC=NC(=O)CCC. The Balaban J connectivity index is 3.33. The Morgan fingerprint density at radius 2 is 2.38 bits per heavy atom. The van der Waals surface area contributed by atoms with Gasteiger partial charge in [0.1, 0.15) is 0 Å². The molecule has 0 aromatic carbocycles. The molecule has 0 aliphatic carbocycles. The first-order valence-corrected chi connectivity index (χ1v) is 2.82. The molecule has 0 bridgehead atoms. The van der Waals surface area contributed by atoms with Crippen molar-refractivity contribution in [2.24, 2.45) is 4.99 Å². The largest absolute Gasteiger partial charge is 0.273 e. The molecule has 2 heteroatoms. The van der Waals surface area contributed by atoms with Crippen molar-refractivity contribution in [2.45, 2.75) is 26.7 Å². The number of hydrogen-bond acceptors (Lipinski definition) is 1. The fraction of sp³-hybridized carbons (Fsp3) is 0.667. The van der Waals surface area contributed by atoms with Crippen LogP contribution < -0.4 is 0 Å². The predicted octanol–water partition coefficient (Wildman–Crippen LogP) is 1.40. The van der Waals surface area contributed by atoms with Gasteiger partial charge in [-0.05, 0) is 13.3 Å². The summed E-state index contributed by atoms with van der Waals surface area (Å²) in [5, 5.41) is 0. The summed E-state index contributed by atoms with van der Waals surface area (Å²) in [5.74, 6) is -0.0185. The van der Waals surface area contributed by atoms with Crippen LogP contribution in [0, 0.1) is 0 Å². The highest BCUT2D eigenvalue weighted by Crippen LogP contribution is 1.87. The maximum Gasteiger partial charge on any atom is 0.245 e. The second kappa shape index (κ2) is 4.50. The van der Waals surface area contributed by atoms with Crippen molar-refractivity contribution in [3.63, 3.8) is 0 Å². The first-order valence-electron chi connectivity index (χ1n) is 2.82. The lowest BCUT2D eigenvalue weighted by Gasteiger charge is -1.84. The fourth-order valence-electron chi connectivity index (χ4n) is 0.422. The zero-order valence-electron chi connectivity index (χ0n) is 5.35. The Hall–Kier alpha value is -0.660. The number of hydrogen-bond donors (Lipinski definition) is 0. The summed E-state index contributed by atoms with van der Waals surface area (Å²) in [6, 6.07) is 0. The quantitative estimate of drug-likeness (QED) is 0.498. The van der Waals surface area contributed by atoms with Crippen molar-refractivity contribution in [2.75, 3.05) is 0 Å². The van der Waals surface area contributed by atoms with E-state index in [0.717, 1.165) is 6.42 Å². The summed E-state index contributed by atoms with van der Waals surface area (Å²) >= 11 is 0. The third kappa shape index (κ3) is 3.53. The topological polar surface area (TPSA) is 29.4 Å². The van der Waals surface area contributed by atoms with Crippen LogP contribution in [0.2, 0.25) is 0 Å². The molecule has 0 rings (SSSR count). The monoisotopic (exact) mass is 113 g/mol. The average Bonchev–Trinajstić information content (AvgIpc) is 1.68. The second-order valence-corrected chi connectivity index (χ2v) is 1.53. The van der Waals surface area contributed by atoms with Crippen LogP contribution in [0.4, 0.5) is 0 Å². The fourth-order valence-corrected chi connectivity index (χ4v) is 0.422. The van der Waals surface area contributed by atoms with Gasteiger partial charge in [-0.15, -0.1) is 0 Å². The minimum atomic E-state index is -0.0185. The van der Waals surface area contributed by atoms with Crippen molar-refractivity contribution in [1.82, 2.24) is 0 Å². The number of amides is 1. The van der Waals surface area contributed by atoms with E-state index in [-0.39, 0.29) is 5.91 Å². The molecule has 0 aromatic rings. The Bertz CT molecular complexity index is 96.7. The molecule has 8 heavy (non-hydrogen) atoms. The Morgan fingerprint density at radius 3 is 2.75 bits per heavy atom. The van der Waals surface area contributed by atoms with Gasteiger partial charge in [0.05, 0.1) is 0 Å². The molecule has 0 fully saturated rings. The van der Waals surface area contributed by atoms with Crippen molar-refractivity contribution >= 4 is 12.1 Å². The minimum Gasteiger partial charge on any atom is -0.273 e. The van der Waals surface area contributed by atoms with Gasteiger partial charge in [0.25, 0.3) is 0 Å². The van der Waals surface area contributed by atoms with E-state index >= 15 is 0 Å². The highest BCUT2D eigenvalue weighted by molar-refractivity contribution is 5.84. The summed E-state index contributed by atoms with van der Waals surface area (Å²) in [7, 11) is 0. The van der Waals surface area contributed by atoms with E-state index in [0.29, 0.717) is 6.42 Å². The third-order valence-corrected chi connectivity index (χ3v) is 0.737. The maximum absolute atomic E-state index is 10.4. The van der Waals surface area contributed by atoms with Gasteiger partial charge in [-0.1, -0.05) is 6.92 Å². The summed E-state index contributed by atoms with van der Waals surface area (Å²) in [4.78, 5) is 14.0. The van der Waals surface area contributed by atoms with Crippen LogP contribution in [0.15, 0.2) is 4.99 Å². The Labute approximate surface area is 49.6 Å². The van der Waals surface area contributed by atoms with Crippen LogP contribution in [-0.4, -0.2) is 12.1 Å². The molecular weight excluding hydrogens is 102 g/mol. The molecular formula is C6H11NO. The summed E-state index contributed by atoms with van der Waals surface area (Å²) < 4.78 is 0. The van der Waals surface area contributed by atoms with E-state index in [1.165, 1.54) is 6.21 Å². The van der Waals surface area contributed by atoms with Crippen LogP contribution in [0.25, 0.3) is 0 Å². The van der Waals surface area contributed by atoms with Gasteiger partial charge in [-0.2, -0.15) is 0 Å². The van der Waals surface area contributed by atoms with Crippen molar-refractivity contribution < 1.29 is 4.79 Å². The van der Waals surface area contributed by atoms with E-state index in [1.54, 1.807) is 6.92 Å². The van der Waals surface area contributed by atoms with Gasteiger partial charge in [-0.3, -0.25) is 4.79 Å². The van der Waals surface area contributed by atoms with Crippen LogP contribution in [-0.2, 0) is 4.79 Å². The molecule has 0 radical (unpaired) electrons. The first-order chi connectivity index (χ1) is 3.81. The smallest absolute Gasteiger partial charge is 0.245 e. The molecule has 0 aliphatic rings. The Morgan fingerprint density at radius 1 is 1.75 bits per heavy atom. The maximum atomic E-state index is 10.4. The molecule has 0 aliphatic heterocycles. The van der Waals surface area contributed by atoms with Gasteiger partial charge in [0, 0.05) is 12.6 Å². The lowest BCUT2D eigenvalue weighted by molar-refractivity contribution is -0.117. The van der Waals surface area contributed by atoms with Crippen LogP contribution in [0.5, 0.6) is 0 Å². The standard InChI is InChI=1S/C6H11NO/c1-3-5-6(8)7-4-2/h4H,3,5H2,1-2H3. The molecule has 0 aromatic heterocycles. The first kappa shape index (κ1) is 7.34. The molecule has 2 nitrogen and oxygen atoms in total. The molecule has 0 saturated heterocycles. The van der Waals surface area contributed by atoms with E-state index < -0.39 is 0 Å². The highest BCUT2D eigenvalue weighted by atomic mass is 16.1. The number of carbonyl (C=O) groups excluding carboxylic acids is 1. The van der Waals surface area contributed by atoms with Gasteiger partial charge >= 0.3 is 0 Å². The number of carbonyl (C=O) groups is 1. The van der Waals surface area contributed by atoms with Crippen LogP contribution >= 0.6 is 0 Å². The van der Waals surface area contributed by atoms with Crippen molar-refractivity contribution in [3.05, 3.63) is 0 Å². The van der Waals surface area contributed by atoms with E-state index in [4.69, 9.17) is 0 Å². The molecule has 0 spiro atoms. The van der Waals surface area contributed by atoms with Gasteiger partial charge < -0.3 is 0 Å². The third-order valence-electron chi connectivity index (χ3n) is 0.737. The van der Waals surface area contributed by atoms with E-state index in [1.807, 2.05) is 6.92 Å². The number of nitrogens with zero attached hydrogens (tertiary/aromatic N) is 1. The van der Waals surface area contributed by atoms with Gasteiger partial charge in [-0.25, -0.2) is 4.99 Å².